The van der Waals surface area contributed by atoms with Crippen LogP contribution >= 0.6 is 15.9 Å². The van der Waals surface area contributed by atoms with Crippen molar-refractivity contribution in [1.29, 1.82) is 0 Å². The maximum atomic E-state index is 5.84. The van der Waals surface area contributed by atoms with Gasteiger partial charge in [-0.1, -0.05) is 94.8 Å². The molecule has 1 saturated heterocycles. The van der Waals surface area contributed by atoms with Crippen molar-refractivity contribution in [3.8, 4) is 0 Å². The molecule has 1 heterocycles. The van der Waals surface area contributed by atoms with E-state index >= 15 is 0 Å². The minimum absolute atomic E-state index is 0.411. The van der Waals surface area contributed by atoms with E-state index < -0.39 is 0 Å². The SMILES string of the molecule is C1CCCC1.C=C1CCC2C3COCOC3CCC2(C)C1CCBr.CC.CC. The number of alkyl halides is 1. The highest BCUT2D eigenvalue weighted by atomic mass is 79.9. The van der Waals surface area contributed by atoms with Gasteiger partial charge in [-0.15, -0.1) is 0 Å². The number of ether oxygens (including phenoxy) is 2. The van der Waals surface area contributed by atoms with E-state index in [1.807, 2.05) is 27.7 Å². The Hall–Kier alpha value is 0.140. The summed E-state index contributed by atoms with van der Waals surface area (Å²) in [6, 6.07) is 0. The third-order valence-corrected chi connectivity index (χ3v) is 7.66. The lowest BCUT2D eigenvalue weighted by Gasteiger charge is -2.57. The summed E-state index contributed by atoms with van der Waals surface area (Å²) in [6.45, 7) is 16.3. The van der Waals surface area contributed by atoms with Crippen LogP contribution < -0.4 is 0 Å². The first kappa shape index (κ1) is 26.2. The van der Waals surface area contributed by atoms with Gasteiger partial charge in [-0.3, -0.25) is 0 Å². The molecule has 3 saturated carbocycles. The van der Waals surface area contributed by atoms with E-state index in [1.54, 1.807) is 0 Å². The van der Waals surface area contributed by atoms with E-state index in [9.17, 15) is 0 Å². The molecule has 0 aromatic carbocycles. The number of hydrogen-bond donors (Lipinski definition) is 0. The monoisotopic (exact) mass is 458 g/mol. The summed E-state index contributed by atoms with van der Waals surface area (Å²) in [5, 5.41) is 1.08. The van der Waals surface area contributed by atoms with Crippen LogP contribution in [0.25, 0.3) is 0 Å². The molecule has 4 rings (SSSR count). The lowest BCUT2D eigenvalue weighted by molar-refractivity contribution is -0.218. The maximum absolute atomic E-state index is 5.84. The number of halogens is 1. The standard InChI is InChI=1S/C16H25BrO2.C5H10.2C2H6/c1-11-3-4-14-12-9-18-10-19-15(12)5-7-16(14,2)13(11)6-8-17;1-2-4-5-3-1;2*1-2/h12-15H,1,3-10H2,2H3;1-5H2;2*1-2H3. The van der Waals surface area contributed by atoms with Crippen molar-refractivity contribution in [3.05, 3.63) is 12.2 Å². The highest BCUT2D eigenvalue weighted by Crippen LogP contribution is 2.58. The Balaban J connectivity index is 0.000000368. The van der Waals surface area contributed by atoms with Crippen LogP contribution in [0.1, 0.15) is 98.8 Å². The van der Waals surface area contributed by atoms with Gasteiger partial charge in [0.25, 0.3) is 0 Å². The fourth-order valence-corrected chi connectivity index (χ4v) is 6.29. The van der Waals surface area contributed by atoms with Crippen LogP contribution in [0.4, 0.5) is 0 Å². The Morgan fingerprint density at radius 1 is 1.04 bits per heavy atom. The lowest BCUT2D eigenvalue weighted by atomic mass is 9.50. The zero-order chi connectivity index (χ0) is 21.0. The van der Waals surface area contributed by atoms with Crippen LogP contribution in [-0.4, -0.2) is 24.8 Å². The predicted octanol–water partition coefficient (Wildman–Crippen LogP) is 8.15. The second-order valence-electron chi connectivity index (χ2n) is 8.50. The smallest absolute Gasteiger partial charge is 0.147 e. The first-order valence-electron chi connectivity index (χ1n) is 12.1. The summed E-state index contributed by atoms with van der Waals surface area (Å²) < 4.78 is 11.4. The van der Waals surface area contributed by atoms with Gasteiger partial charge in [0, 0.05) is 11.2 Å². The quantitative estimate of drug-likeness (QED) is 0.306. The van der Waals surface area contributed by atoms with Crippen LogP contribution in [0.3, 0.4) is 0 Å². The van der Waals surface area contributed by atoms with Crippen molar-refractivity contribution in [2.24, 2.45) is 23.2 Å². The lowest BCUT2D eigenvalue weighted by Crippen LogP contribution is -2.54. The number of hydrogen-bond acceptors (Lipinski definition) is 2. The summed E-state index contributed by atoms with van der Waals surface area (Å²) >= 11 is 3.63. The molecule has 3 aliphatic carbocycles. The molecule has 1 aliphatic heterocycles. The van der Waals surface area contributed by atoms with Crippen LogP contribution in [0.5, 0.6) is 0 Å². The Bertz CT molecular complexity index is 413. The molecule has 3 heteroatoms. The second kappa shape index (κ2) is 14.2. The van der Waals surface area contributed by atoms with Crippen LogP contribution in [0.2, 0.25) is 0 Å². The molecule has 2 nitrogen and oxygen atoms in total. The van der Waals surface area contributed by atoms with Crippen molar-refractivity contribution < 1.29 is 9.47 Å². The van der Waals surface area contributed by atoms with E-state index in [0.29, 0.717) is 30.1 Å². The average Bonchev–Trinajstić information content (AvgIpc) is 3.34. The van der Waals surface area contributed by atoms with E-state index in [4.69, 9.17) is 9.47 Å². The van der Waals surface area contributed by atoms with Crippen molar-refractivity contribution in [3.63, 3.8) is 0 Å². The van der Waals surface area contributed by atoms with Gasteiger partial charge in [0.15, 0.2) is 0 Å². The van der Waals surface area contributed by atoms with Gasteiger partial charge in [-0.2, -0.15) is 0 Å². The summed E-state index contributed by atoms with van der Waals surface area (Å²) in [7, 11) is 0. The van der Waals surface area contributed by atoms with E-state index in [1.165, 1.54) is 69.8 Å². The number of allylic oxidation sites excluding steroid dienone is 1. The predicted molar refractivity (Wildman–Crippen MR) is 126 cm³/mol. The molecule has 4 fully saturated rings. The minimum atomic E-state index is 0.411. The normalized spacial score (nSPS) is 36.3. The van der Waals surface area contributed by atoms with E-state index in [-0.39, 0.29) is 0 Å². The molecule has 28 heavy (non-hydrogen) atoms. The molecule has 0 radical (unpaired) electrons. The molecule has 166 valence electrons. The van der Waals surface area contributed by atoms with E-state index in [0.717, 1.165) is 17.9 Å². The molecule has 4 aliphatic rings. The highest BCUT2D eigenvalue weighted by molar-refractivity contribution is 9.09. The molecule has 0 aromatic rings. The molecule has 0 aromatic heterocycles. The van der Waals surface area contributed by atoms with Crippen molar-refractivity contribution in [2.45, 2.75) is 105 Å². The summed E-state index contributed by atoms with van der Waals surface area (Å²) in [5.74, 6) is 2.04. The Morgan fingerprint density at radius 2 is 1.64 bits per heavy atom. The van der Waals surface area contributed by atoms with Gasteiger partial charge in [-0.25, -0.2) is 0 Å². The Kier molecular flexibility index (Phi) is 13.3. The van der Waals surface area contributed by atoms with Gasteiger partial charge in [0.2, 0.25) is 0 Å². The van der Waals surface area contributed by atoms with Gasteiger partial charge >= 0.3 is 0 Å². The third kappa shape index (κ3) is 6.57. The van der Waals surface area contributed by atoms with Crippen LogP contribution in [0, 0.1) is 23.2 Å². The minimum Gasteiger partial charge on any atom is -0.355 e. The topological polar surface area (TPSA) is 18.5 Å². The molecule has 0 bridgehead atoms. The molecule has 0 amide bonds. The van der Waals surface area contributed by atoms with Gasteiger partial charge in [0.1, 0.15) is 6.79 Å². The average molecular weight is 460 g/mol. The number of rotatable bonds is 2. The zero-order valence-electron chi connectivity index (χ0n) is 19.4. The largest absolute Gasteiger partial charge is 0.355 e. The van der Waals surface area contributed by atoms with E-state index in [2.05, 4.69) is 29.4 Å². The van der Waals surface area contributed by atoms with Crippen LogP contribution in [-0.2, 0) is 9.47 Å². The highest BCUT2D eigenvalue weighted by Gasteiger charge is 2.53. The van der Waals surface area contributed by atoms with Crippen molar-refractivity contribution in [2.75, 3.05) is 18.7 Å². The summed E-state index contributed by atoms with van der Waals surface area (Å²) in [4.78, 5) is 0. The molecule has 0 N–H and O–H groups in total. The first-order chi connectivity index (χ1) is 13.7. The van der Waals surface area contributed by atoms with Crippen molar-refractivity contribution >= 4 is 15.9 Å². The fourth-order valence-electron chi connectivity index (χ4n) is 5.84. The molecule has 0 spiro atoms. The molecular formula is C25H47BrO2. The van der Waals surface area contributed by atoms with Crippen LogP contribution in [0.15, 0.2) is 12.2 Å². The van der Waals surface area contributed by atoms with Crippen molar-refractivity contribution in [1.82, 2.24) is 0 Å². The number of fused-ring (bicyclic) bond motifs is 3. The Labute approximate surface area is 184 Å². The summed E-state index contributed by atoms with van der Waals surface area (Å²) in [5.41, 5.74) is 1.89. The zero-order valence-corrected chi connectivity index (χ0v) is 21.0. The fraction of sp³-hybridized carbons (Fsp3) is 0.920. The first-order valence-corrected chi connectivity index (χ1v) is 13.2. The molecule has 5 atom stereocenters. The second-order valence-corrected chi connectivity index (χ2v) is 9.30. The third-order valence-electron chi connectivity index (χ3n) is 7.20. The van der Waals surface area contributed by atoms with Gasteiger partial charge in [-0.05, 0) is 49.4 Å². The Morgan fingerprint density at radius 3 is 2.21 bits per heavy atom. The van der Waals surface area contributed by atoms with Gasteiger partial charge in [0.05, 0.1) is 12.7 Å². The van der Waals surface area contributed by atoms with Gasteiger partial charge < -0.3 is 9.47 Å². The molecule has 5 unspecified atom stereocenters. The molecular weight excluding hydrogens is 412 g/mol. The summed E-state index contributed by atoms with van der Waals surface area (Å²) in [6.07, 6.45) is 14.1. The maximum Gasteiger partial charge on any atom is 0.147 e.